The van der Waals surface area contributed by atoms with E-state index in [0.29, 0.717) is 11.6 Å². The number of aromatic hydroxyl groups is 1. The van der Waals surface area contributed by atoms with Gasteiger partial charge in [-0.05, 0) is 50.4 Å². The minimum Gasteiger partial charge on any atom is -0.508 e. The van der Waals surface area contributed by atoms with Crippen LogP contribution in [0.2, 0.25) is 0 Å². The van der Waals surface area contributed by atoms with Crippen molar-refractivity contribution in [3.05, 3.63) is 29.8 Å². The fourth-order valence-corrected chi connectivity index (χ4v) is 2.65. The Morgan fingerprint density at radius 1 is 1.26 bits per heavy atom. The number of amides is 1. The molecular formula is C15H22N2O2. The number of rotatable bonds is 4. The lowest BCUT2D eigenvalue weighted by Crippen LogP contribution is -2.42. The summed E-state index contributed by atoms with van der Waals surface area (Å²) < 4.78 is 0. The van der Waals surface area contributed by atoms with E-state index >= 15 is 0 Å². The minimum atomic E-state index is -0.0946. The maximum atomic E-state index is 12.0. The van der Waals surface area contributed by atoms with Crippen LogP contribution < -0.4 is 10.6 Å². The van der Waals surface area contributed by atoms with Crippen LogP contribution in [-0.2, 0) is 0 Å². The van der Waals surface area contributed by atoms with Crippen molar-refractivity contribution in [1.82, 2.24) is 10.6 Å². The third-order valence-corrected chi connectivity index (χ3v) is 3.66. The molecule has 1 saturated carbocycles. The summed E-state index contributed by atoms with van der Waals surface area (Å²) in [5.41, 5.74) is 0.522. The summed E-state index contributed by atoms with van der Waals surface area (Å²) >= 11 is 0. The molecule has 0 radical (unpaired) electrons. The van der Waals surface area contributed by atoms with Gasteiger partial charge in [0.15, 0.2) is 0 Å². The molecule has 1 aliphatic rings. The third kappa shape index (κ3) is 3.96. The van der Waals surface area contributed by atoms with Gasteiger partial charge >= 0.3 is 0 Å². The molecule has 4 nitrogen and oxygen atoms in total. The molecule has 0 aliphatic heterocycles. The molecule has 2 rings (SSSR count). The quantitative estimate of drug-likeness (QED) is 0.778. The Labute approximate surface area is 114 Å². The normalized spacial score (nSPS) is 23.0. The Bertz CT molecular complexity index is 426. The van der Waals surface area contributed by atoms with E-state index in [-0.39, 0.29) is 17.7 Å². The summed E-state index contributed by atoms with van der Waals surface area (Å²) in [6.45, 7) is 3.13. The number of benzene rings is 1. The summed E-state index contributed by atoms with van der Waals surface area (Å²) in [6.07, 6.45) is 4.25. The second kappa shape index (κ2) is 6.57. The van der Waals surface area contributed by atoms with E-state index in [4.69, 9.17) is 0 Å². The Kier molecular flexibility index (Phi) is 4.80. The van der Waals surface area contributed by atoms with Gasteiger partial charge in [-0.2, -0.15) is 0 Å². The third-order valence-electron chi connectivity index (χ3n) is 3.66. The highest BCUT2D eigenvalue weighted by Gasteiger charge is 2.22. The van der Waals surface area contributed by atoms with E-state index in [1.165, 1.54) is 6.07 Å². The van der Waals surface area contributed by atoms with Crippen molar-refractivity contribution in [2.24, 2.45) is 0 Å². The van der Waals surface area contributed by atoms with Gasteiger partial charge in [0.1, 0.15) is 5.75 Å². The zero-order chi connectivity index (χ0) is 13.7. The Morgan fingerprint density at radius 3 is 2.58 bits per heavy atom. The molecule has 1 fully saturated rings. The van der Waals surface area contributed by atoms with Crippen molar-refractivity contribution in [3.63, 3.8) is 0 Å². The van der Waals surface area contributed by atoms with Crippen molar-refractivity contribution in [2.75, 3.05) is 6.54 Å². The van der Waals surface area contributed by atoms with Crippen molar-refractivity contribution in [1.29, 1.82) is 0 Å². The lowest BCUT2D eigenvalue weighted by molar-refractivity contribution is 0.0924. The van der Waals surface area contributed by atoms with Crippen LogP contribution in [0.5, 0.6) is 5.75 Å². The molecule has 19 heavy (non-hydrogen) atoms. The minimum absolute atomic E-state index is 0.0946. The van der Waals surface area contributed by atoms with Gasteiger partial charge in [0.05, 0.1) is 0 Å². The number of phenols is 1. The van der Waals surface area contributed by atoms with Gasteiger partial charge < -0.3 is 15.7 Å². The van der Waals surface area contributed by atoms with Gasteiger partial charge in [-0.15, -0.1) is 0 Å². The van der Waals surface area contributed by atoms with Crippen LogP contribution in [0.4, 0.5) is 0 Å². The average Bonchev–Trinajstić information content (AvgIpc) is 2.41. The van der Waals surface area contributed by atoms with Crippen LogP contribution in [0, 0.1) is 0 Å². The Hall–Kier alpha value is -1.55. The standard InChI is InChI=1S/C15H22N2O2/c1-2-16-12-6-8-13(9-7-12)17-15(19)11-4-3-5-14(18)10-11/h3-5,10,12-13,16,18H,2,6-9H2,1H3,(H,17,19). The zero-order valence-corrected chi connectivity index (χ0v) is 11.4. The molecular weight excluding hydrogens is 240 g/mol. The predicted octanol–water partition coefficient (Wildman–Crippen LogP) is 2.04. The highest BCUT2D eigenvalue weighted by atomic mass is 16.3. The molecule has 0 bridgehead atoms. The first-order valence-corrected chi connectivity index (χ1v) is 7.02. The molecule has 4 heteroatoms. The smallest absolute Gasteiger partial charge is 0.251 e. The fourth-order valence-electron chi connectivity index (χ4n) is 2.65. The van der Waals surface area contributed by atoms with Gasteiger partial charge in [-0.25, -0.2) is 0 Å². The molecule has 3 N–H and O–H groups in total. The van der Waals surface area contributed by atoms with Crippen molar-refractivity contribution in [2.45, 2.75) is 44.7 Å². The van der Waals surface area contributed by atoms with Crippen LogP contribution in [0.1, 0.15) is 43.0 Å². The van der Waals surface area contributed by atoms with Gasteiger partial charge in [0.25, 0.3) is 5.91 Å². The van der Waals surface area contributed by atoms with Crippen molar-refractivity contribution < 1.29 is 9.90 Å². The number of carbonyl (C=O) groups excluding carboxylic acids is 1. The van der Waals surface area contributed by atoms with Gasteiger partial charge in [-0.1, -0.05) is 13.0 Å². The summed E-state index contributed by atoms with van der Waals surface area (Å²) in [4.78, 5) is 12.0. The number of carbonyl (C=O) groups is 1. The first kappa shape index (κ1) is 13.9. The molecule has 104 valence electrons. The molecule has 0 spiro atoms. The van der Waals surface area contributed by atoms with Crippen LogP contribution >= 0.6 is 0 Å². The number of phenolic OH excluding ortho intramolecular Hbond substituents is 1. The maximum absolute atomic E-state index is 12.0. The molecule has 0 unspecified atom stereocenters. The zero-order valence-electron chi connectivity index (χ0n) is 11.4. The molecule has 0 heterocycles. The highest BCUT2D eigenvalue weighted by Crippen LogP contribution is 2.19. The second-order valence-electron chi connectivity index (χ2n) is 5.13. The van der Waals surface area contributed by atoms with Crippen molar-refractivity contribution >= 4 is 5.91 Å². The molecule has 0 saturated heterocycles. The maximum Gasteiger partial charge on any atom is 0.251 e. The lowest BCUT2D eigenvalue weighted by atomic mass is 9.91. The lowest BCUT2D eigenvalue weighted by Gasteiger charge is -2.29. The fraction of sp³-hybridized carbons (Fsp3) is 0.533. The highest BCUT2D eigenvalue weighted by molar-refractivity contribution is 5.94. The Balaban J connectivity index is 1.84. The second-order valence-corrected chi connectivity index (χ2v) is 5.13. The Morgan fingerprint density at radius 2 is 1.95 bits per heavy atom. The molecule has 0 atom stereocenters. The molecule has 1 aromatic rings. The summed E-state index contributed by atoms with van der Waals surface area (Å²) in [7, 11) is 0. The van der Waals surface area contributed by atoms with E-state index in [1.54, 1.807) is 18.2 Å². The van der Waals surface area contributed by atoms with Gasteiger partial charge in [0, 0.05) is 17.6 Å². The number of hydrogen-bond donors (Lipinski definition) is 3. The topological polar surface area (TPSA) is 61.4 Å². The van der Waals surface area contributed by atoms with E-state index in [1.807, 2.05) is 0 Å². The molecule has 1 amide bonds. The van der Waals surface area contributed by atoms with Crippen molar-refractivity contribution in [3.8, 4) is 5.75 Å². The summed E-state index contributed by atoms with van der Waals surface area (Å²) in [5, 5.41) is 15.9. The van der Waals surface area contributed by atoms with Gasteiger partial charge in [0.2, 0.25) is 0 Å². The van der Waals surface area contributed by atoms with Crippen LogP contribution in [0.15, 0.2) is 24.3 Å². The number of hydrogen-bond acceptors (Lipinski definition) is 3. The van der Waals surface area contributed by atoms with E-state index in [2.05, 4.69) is 17.6 Å². The van der Waals surface area contributed by atoms with Crippen LogP contribution in [-0.4, -0.2) is 29.6 Å². The first-order chi connectivity index (χ1) is 9.19. The molecule has 0 aromatic heterocycles. The van der Waals surface area contributed by atoms with Crippen LogP contribution in [0.3, 0.4) is 0 Å². The first-order valence-electron chi connectivity index (χ1n) is 7.02. The molecule has 1 aliphatic carbocycles. The van der Waals surface area contributed by atoms with Gasteiger partial charge in [-0.3, -0.25) is 4.79 Å². The summed E-state index contributed by atoms with van der Waals surface area (Å²) in [6, 6.07) is 7.33. The summed E-state index contributed by atoms with van der Waals surface area (Å²) in [5.74, 6) is 0.0336. The van der Waals surface area contributed by atoms with E-state index in [0.717, 1.165) is 32.2 Å². The molecule has 1 aromatic carbocycles. The largest absolute Gasteiger partial charge is 0.508 e. The van der Waals surface area contributed by atoms with Crippen LogP contribution in [0.25, 0.3) is 0 Å². The van der Waals surface area contributed by atoms with E-state index < -0.39 is 0 Å². The predicted molar refractivity (Wildman–Crippen MR) is 75.3 cm³/mol. The number of nitrogens with one attached hydrogen (secondary N) is 2. The van der Waals surface area contributed by atoms with E-state index in [9.17, 15) is 9.90 Å². The average molecular weight is 262 g/mol. The monoisotopic (exact) mass is 262 g/mol. The SMILES string of the molecule is CCNC1CCC(NC(=O)c2cccc(O)c2)CC1.